The van der Waals surface area contributed by atoms with E-state index in [0.29, 0.717) is 32.4 Å². The quantitative estimate of drug-likeness (QED) is 0.756. The van der Waals surface area contributed by atoms with Crippen LogP contribution in [0.1, 0.15) is 26.2 Å². The van der Waals surface area contributed by atoms with Gasteiger partial charge in [-0.3, -0.25) is 9.59 Å². The number of aliphatic hydroxyl groups is 1. The topological polar surface area (TPSA) is 77.8 Å². The van der Waals surface area contributed by atoms with Crippen molar-refractivity contribution in [1.82, 2.24) is 4.90 Å². The Bertz CT molecular complexity index is 287. The van der Waals surface area contributed by atoms with Crippen molar-refractivity contribution in [1.29, 1.82) is 0 Å². The number of carboxylic acids is 1. The number of carboxylic acid groups (broad SMARTS) is 1. The maximum Gasteiger partial charge on any atom is 0.313 e. The fourth-order valence-electron chi connectivity index (χ4n) is 1.84. The molecule has 1 rings (SSSR count). The van der Waals surface area contributed by atoms with Gasteiger partial charge < -0.3 is 15.1 Å². The van der Waals surface area contributed by atoms with Gasteiger partial charge in [0.05, 0.1) is 17.1 Å². The molecule has 0 aromatic rings. The molecule has 0 atom stereocenters. The Hall–Kier alpha value is -0.750. The number of hydrogen-bond acceptors (Lipinski definition) is 4. The fourth-order valence-corrected chi connectivity index (χ4v) is 2.48. The minimum Gasteiger partial charge on any atom is -0.481 e. The van der Waals surface area contributed by atoms with Gasteiger partial charge >= 0.3 is 5.97 Å². The van der Waals surface area contributed by atoms with E-state index in [1.54, 1.807) is 4.90 Å². The molecule has 1 aliphatic heterocycles. The van der Waals surface area contributed by atoms with Gasteiger partial charge in [0.2, 0.25) is 5.91 Å². The van der Waals surface area contributed by atoms with Crippen LogP contribution < -0.4 is 0 Å². The summed E-state index contributed by atoms with van der Waals surface area (Å²) in [5.41, 5.74) is -0.620. The van der Waals surface area contributed by atoms with E-state index in [1.165, 1.54) is 0 Å². The van der Waals surface area contributed by atoms with Crippen LogP contribution in [0.25, 0.3) is 0 Å². The number of carbonyl (C=O) groups is 2. The van der Waals surface area contributed by atoms with Crippen LogP contribution >= 0.6 is 11.8 Å². The lowest BCUT2D eigenvalue weighted by Crippen LogP contribution is -2.46. The molecule has 1 heterocycles. The van der Waals surface area contributed by atoms with Gasteiger partial charge in [-0.05, 0) is 19.3 Å². The van der Waals surface area contributed by atoms with Gasteiger partial charge in [-0.15, -0.1) is 11.8 Å². The molecule has 5 nitrogen and oxygen atoms in total. The van der Waals surface area contributed by atoms with Crippen molar-refractivity contribution in [2.24, 2.45) is 0 Å². The first-order valence-electron chi connectivity index (χ1n) is 5.76. The average Bonchev–Trinajstić information content (AvgIpc) is 2.29. The summed E-state index contributed by atoms with van der Waals surface area (Å²) in [4.78, 5) is 23.7. The second-order valence-electron chi connectivity index (χ2n) is 4.35. The van der Waals surface area contributed by atoms with Crippen LogP contribution in [-0.4, -0.2) is 57.2 Å². The van der Waals surface area contributed by atoms with Gasteiger partial charge in [0.25, 0.3) is 0 Å². The number of amides is 1. The number of piperidine rings is 1. The maximum atomic E-state index is 11.7. The van der Waals surface area contributed by atoms with E-state index < -0.39 is 11.6 Å². The monoisotopic (exact) mass is 261 g/mol. The Morgan fingerprint density at radius 1 is 1.29 bits per heavy atom. The maximum absolute atomic E-state index is 11.7. The van der Waals surface area contributed by atoms with Crippen molar-refractivity contribution in [3.63, 3.8) is 0 Å². The molecular formula is C11H19NO4S. The highest BCUT2D eigenvalue weighted by Gasteiger charge is 2.31. The first-order chi connectivity index (χ1) is 7.97. The number of thioether (sulfide) groups is 1. The molecule has 2 N–H and O–H groups in total. The zero-order valence-electron chi connectivity index (χ0n) is 10.0. The normalized spacial score (nSPS) is 19.1. The number of likely N-dealkylation sites (tertiary alicyclic amines) is 1. The second-order valence-corrected chi connectivity index (χ2v) is 5.33. The average molecular weight is 261 g/mol. The Balaban J connectivity index is 2.28. The standard InChI is InChI=1S/C11H19NO4S/c1-2-11(16)3-5-12(6-4-11)9(13)7-17-8-10(14)15/h16H,2-8H2,1H3,(H,14,15). The van der Waals surface area contributed by atoms with Crippen molar-refractivity contribution in [3.8, 4) is 0 Å². The third-order valence-corrected chi connectivity index (χ3v) is 4.06. The van der Waals surface area contributed by atoms with Crippen LogP contribution in [0.3, 0.4) is 0 Å². The minimum atomic E-state index is -0.901. The minimum absolute atomic E-state index is 0.0330. The smallest absolute Gasteiger partial charge is 0.313 e. The molecule has 6 heteroatoms. The summed E-state index contributed by atoms with van der Waals surface area (Å²) in [5.74, 6) is -0.772. The van der Waals surface area contributed by atoms with Gasteiger partial charge in [-0.25, -0.2) is 0 Å². The van der Waals surface area contributed by atoms with Crippen molar-refractivity contribution in [3.05, 3.63) is 0 Å². The van der Waals surface area contributed by atoms with Crippen LogP contribution in [0, 0.1) is 0 Å². The van der Waals surface area contributed by atoms with E-state index in [-0.39, 0.29) is 17.4 Å². The van der Waals surface area contributed by atoms with E-state index in [1.807, 2.05) is 6.92 Å². The molecule has 0 aliphatic carbocycles. The molecule has 0 bridgehead atoms. The van der Waals surface area contributed by atoms with Crippen LogP contribution in [0.5, 0.6) is 0 Å². The van der Waals surface area contributed by atoms with E-state index in [4.69, 9.17) is 5.11 Å². The zero-order valence-corrected chi connectivity index (χ0v) is 10.8. The zero-order chi connectivity index (χ0) is 12.9. The molecule has 1 saturated heterocycles. The molecule has 0 aromatic carbocycles. The fraction of sp³-hybridized carbons (Fsp3) is 0.818. The molecule has 1 aliphatic rings. The Morgan fingerprint density at radius 3 is 2.35 bits per heavy atom. The van der Waals surface area contributed by atoms with Crippen LogP contribution in [0.4, 0.5) is 0 Å². The number of aliphatic carboxylic acids is 1. The third-order valence-electron chi connectivity index (χ3n) is 3.16. The van der Waals surface area contributed by atoms with E-state index in [2.05, 4.69) is 0 Å². The Kier molecular flexibility index (Phi) is 5.27. The van der Waals surface area contributed by atoms with Gasteiger partial charge in [0, 0.05) is 13.1 Å². The first-order valence-corrected chi connectivity index (χ1v) is 6.92. The second kappa shape index (κ2) is 6.26. The molecule has 0 radical (unpaired) electrons. The van der Waals surface area contributed by atoms with Crippen molar-refractivity contribution in [2.45, 2.75) is 31.8 Å². The summed E-state index contributed by atoms with van der Waals surface area (Å²) in [6.45, 7) is 3.08. The molecule has 0 unspecified atom stereocenters. The molecule has 17 heavy (non-hydrogen) atoms. The molecule has 0 saturated carbocycles. The highest BCUT2D eigenvalue weighted by atomic mass is 32.2. The SMILES string of the molecule is CCC1(O)CCN(C(=O)CSCC(=O)O)CC1. The summed E-state index contributed by atoms with van der Waals surface area (Å²) < 4.78 is 0. The molecule has 0 spiro atoms. The van der Waals surface area contributed by atoms with E-state index >= 15 is 0 Å². The molecular weight excluding hydrogens is 242 g/mol. The Labute approximate surface area is 105 Å². The highest BCUT2D eigenvalue weighted by Crippen LogP contribution is 2.25. The highest BCUT2D eigenvalue weighted by molar-refractivity contribution is 8.00. The predicted molar refractivity (Wildman–Crippen MR) is 66.0 cm³/mol. The van der Waals surface area contributed by atoms with Crippen LogP contribution in [0.15, 0.2) is 0 Å². The number of rotatable bonds is 5. The summed E-state index contributed by atoms with van der Waals surface area (Å²) in [7, 11) is 0. The van der Waals surface area contributed by atoms with Crippen LogP contribution in [-0.2, 0) is 9.59 Å². The largest absolute Gasteiger partial charge is 0.481 e. The number of carbonyl (C=O) groups excluding carboxylic acids is 1. The number of nitrogens with zero attached hydrogens (tertiary/aromatic N) is 1. The van der Waals surface area contributed by atoms with Gasteiger partial charge in [0.15, 0.2) is 0 Å². The summed E-state index contributed by atoms with van der Waals surface area (Å²) in [6, 6.07) is 0. The molecule has 0 aromatic heterocycles. The molecule has 1 amide bonds. The van der Waals surface area contributed by atoms with Crippen molar-refractivity contribution >= 4 is 23.6 Å². The lowest BCUT2D eigenvalue weighted by Gasteiger charge is -2.37. The van der Waals surface area contributed by atoms with Gasteiger partial charge in [-0.1, -0.05) is 6.92 Å². The molecule has 98 valence electrons. The third kappa shape index (κ3) is 4.55. The lowest BCUT2D eigenvalue weighted by atomic mass is 9.89. The Morgan fingerprint density at radius 2 is 1.88 bits per heavy atom. The van der Waals surface area contributed by atoms with E-state index in [0.717, 1.165) is 11.8 Å². The van der Waals surface area contributed by atoms with Crippen LogP contribution in [0.2, 0.25) is 0 Å². The predicted octanol–water partition coefficient (Wildman–Crippen LogP) is 0.568. The summed E-state index contributed by atoms with van der Waals surface area (Å²) in [5, 5.41) is 18.5. The summed E-state index contributed by atoms with van der Waals surface area (Å²) >= 11 is 1.12. The first kappa shape index (κ1) is 14.3. The number of hydrogen-bond donors (Lipinski definition) is 2. The van der Waals surface area contributed by atoms with Crippen molar-refractivity contribution in [2.75, 3.05) is 24.6 Å². The van der Waals surface area contributed by atoms with Gasteiger partial charge in [0.1, 0.15) is 0 Å². The van der Waals surface area contributed by atoms with Crippen molar-refractivity contribution < 1.29 is 19.8 Å². The van der Waals surface area contributed by atoms with Gasteiger partial charge in [-0.2, -0.15) is 0 Å². The lowest BCUT2D eigenvalue weighted by molar-refractivity contribution is -0.134. The molecule has 1 fully saturated rings. The summed E-state index contributed by atoms with van der Waals surface area (Å²) in [6.07, 6.45) is 1.93. The van der Waals surface area contributed by atoms with E-state index in [9.17, 15) is 14.7 Å².